The summed E-state index contributed by atoms with van der Waals surface area (Å²) in [5.41, 5.74) is 4.30. The number of carbonyl (C=O) groups excluding carboxylic acids is 4. The van der Waals surface area contributed by atoms with Crippen molar-refractivity contribution in [1.82, 2.24) is 0 Å². The highest BCUT2D eigenvalue weighted by atomic mass is 32.2. The molecule has 0 fully saturated rings. The first-order chi connectivity index (χ1) is 59.0. The largest absolute Gasteiger partial charge is 0.460 e. The summed E-state index contributed by atoms with van der Waals surface area (Å²) < 4.78 is 75.2. The van der Waals surface area contributed by atoms with Crippen LogP contribution in [-0.4, -0.2) is 82.9 Å². The molecule has 0 aliphatic heterocycles. The SMILES string of the molecule is CC(=O)C(C)(CCCCCC(O)CCCCCC(C)(C(=O)OCc1ccccc1)c1ccccc1)c1ccccc1.CC(CCCCCC(O)CCCCCC(C)(C(=O)Oc1ccccc1)c1ccccc1)(C(=O)Oc1ccccc1)c1ccccc1.CC(CCCCCC(O)CCCCCC(C)(c1ccccc1)S(=O)(=O)O)c1ccccc1.O=S(=O)=O. The molecular formula is C105H136O16S2. The predicted molar refractivity (Wildman–Crippen MR) is 493 cm³/mol. The zero-order valence-electron chi connectivity index (χ0n) is 73.7. The topological polar surface area (TPSA) is 262 Å². The average molecular weight is 1720 g/mol. The molecule has 123 heavy (non-hydrogen) atoms. The number of ketones is 1. The van der Waals surface area contributed by atoms with E-state index in [2.05, 4.69) is 31.2 Å². The fourth-order valence-electron chi connectivity index (χ4n) is 15.9. The van der Waals surface area contributed by atoms with Gasteiger partial charge in [-0.3, -0.25) is 23.7 Å². The lowest BCUT2D eigenvalue weighted by Crippen LogP contribution is -2.36. The lowest BCUT2D eigenvalue weighted by Gasteiger charge is -2.28. The minimum Gasteiger partial charge on any atom is -0.460 e. The van der Waals surface area contributed by atoms with Crippen LogP contribution in [0.2, 0.25) is 0 Å². The third kappa shape index (κ3) is 35.9. The van der Waals surface area contributed by atoms with Gasteiger partial charge in [0.05, 0.1) is 40.0 Å². The highest BCUT2D eigenvalue weighted by Crippen LogP contribution is 2.39. The Morgan fingerprint density at radius 2 is 0.569 bits per heavy atom. The molecule has 0 bridgehead atoms. The molecule has 0 saturated heterocycles. The average Bonchev–Trinajstić information content (AvgIpc) is 0.799. The molecule has 0 aliphatic carbocycles. The van der Waals surface area contributed by atoms with Crippen LogP contribution in [0.4, 0.5) is 0 Å². The number of hydrogen-bond acceptors (Lipinski definition) is 15. The first kappa shape index (κ1) is 102. The Balaban J connectivity index is 0.000000283. The molecule has 9 aromatic rings. The summed E-state index contributed by atoms with van der Waals surface area (Å²) in [7, 11) is -7.32. The second-order valence-electron chi connectivity index (χ2n) is 34.0. The van der Waals surface area contributed by atoms with Crippen molar-refractivity contribution in [3.05, 3.63) is 312 Å². The van der Waals surface area contributed by atoms with E-state index in [1.165, 1.54) is 18.4 Å². The maximum absolute atomic E-state index is 13.4. The summed E-state index contributed by atoms with van der Waals surface area (Å²) >= 11 is 0. The number of ether oxygens (including phenoxy) is 3. The van der Waals surface area contributed by atoms with E-state index in [1.807, 2.05) is 228 Å². The Morgan fingerprint density at radius 3 is 0.878 bits per heavy atom. The second-order valence-corrected chi connectivity index (χ2v) is 36.3. The van der Waals surface area contributed by atoms with E-state index in [-0.39, 0.29) is 48.6 Å². The molecule has 4 N–H and O–H groups in total. The van der Waals surface area contributed by atoms with Gasteiger partial charge >= 0.3 is 28.5 Å². The standard InChI is InChI=1S/C41H48O5.C37H48O4.C27H40O4S.O3S/c1-40(33-21-9-3-10-22-33,38(43)45-36-27-15-5-16-28-36)31-19-7-13-25-35(42)26-14-8-20-32-41(2,34-23-11-4-12-24-34)39(44)46-37-29-17-6-18-30-37;1-30(38)36(2,32-21-11-5-12-22-32)27-17-7-15-25-34(39)26-16-8-18-28-37(3,33-23-13-6-14-24-33)35(40)41-29-31-19-9-4-10-20-31;1-23(24-16-8-4-9-17-24)15-7-3-12-20-26(28)21-13-6-14-22-27(2,32(29,30)31)25-18-10-5-11-19-25;1-4(2)3/h3-6,9-12,15-18,21-24,27-30,35,42H,7-8,13-14,19-20,25-26,31-32H2,1-2H3;4-6,9-14,19-24,34,39H,7-8,15-18,25-29H2,1-3H3;4-5,8-11,16-19,23,26,28H,3,6-7,12-15,20-22H2,1-2H3,(H,29,30,31);. The molecule has 0 aliphatic rings. The first-order valence-electron chi connectivity index (χ1n) is 44.4. The van der Waals surface area contributed by atoms with Crippen LogP contribution < -0.4 is 9.47 Å². The predicted octanol–water partition coefficient (Wildman–Crippen LogP) is 23.7. The van der Waals surface area contributed by atoms with E-state index in [0.29, 0.717) is 55.1 Å². The van der Waals surface area contributed by atoms with Gasteiger partial charge in [0, 0.05) is 0 Å². The van der Waals surface area contributed by atoms with E-state index < -0.39 is 47.1 Å². The second kappa shape index (κ2) is 55.0. The van der Waals surface area contributed by atoms with Gasteiger partial charge < -0.3 is 29.5 Å². The number of aliphatic hydroxyl groups is 3. The van der Waals surface area contributed by atoms with Gasteiger partial charge in [-0.05, 0) is 188 Å². The molecular weight excluding hydrogens is 1580 g/mol. The Bertz CT molecular complexity index is 4540. The van der Waals surface area contributed by atoms with E-state index in [1.54, 1.807) is 62.4 Å². The molecule has 664 valence electrons. The third-order valence-corrected chi connectivity index (χ3v) is 26.0. The zero-order valence-corrected chi connectivity index (χ0v) is 75.3. The molecule has 16 nitrogen and oxygen atoms in total. The lowest BCUT2D eigenvalue weighted by molar-refractivity contribution is -0.152. The van der Waals surface area contributed by atoms with Gasteiger partial charge in [0.15, 0.2) is 0 Å². The highest BCUT2D eigenvalue weighted by Gasteiger charge is 2.41. The van der Waals surface area contributed by atoms with Gasteiger partial charge in [0.25, 0.3) is 10.1 Å². The first-order valence-corrected chi connectivity index (χ1v) is 46.9. The fourth-order valence-corrected chi connectivity index (χ4v) is 16.7. The van der Waals surface area contributed by atoms with E-state index in [9.17, 15) is 47.5 Å². The van der Waals surface area contributed by atoms with Crippen molar-refractivity contribution in [3.8, 4) is 11.5 Å². The Morgan fingerprint density at radius 1 is 0.325 bits per heavy atom. The van der Waals surface area contributed by atoms with Crippen LogP contribution in [0.15, 0.2) is 273 Å². The Labute approximate surface area is 735 Å². The molecule has 9 aromatic carbocycles. The fraction of sp³-hybridized carbons (Fsp3) is 0.448. The van der Waals surface area contributed by atoms with Gasteiger partial charge in [-0.2, -0.15) is 8.42 Å². The number of Topliss-reactive ketones (excluding diaryl/α,β-unsaturated/α-hetero) is 1. The van der Waals surface area contributed by atoms with Crippen molar-refractivity contribution in [2.45, 2.75) is 298 Å². The van der Waals surface area contributed by atoms with Gasteiger partial charge in [0.1, 0.15) is 28.6 Å². The van der Waals surface area contributed by atoms with Crippen LogP contribution in [0.1, 0.15) is 286 Å². The molecule has 18 heteroatoms. The molecule has 0 amide bonds. The number of benzene rings is 9. The van der Waals surface area contributed by atoms with Crippen LogP contribution in [-0.2, 0) is 77.7 Å². The molecule has 0 saturated carbocycles. The van der Waals surface area contributed by atoms with Gasteiger partial charge in [-0.25, -0.2) is 0 Å². The number of carbonyl (C=O) groups is 4. The Hall–Kier alpha value is -9.53. The van der Waals surface area contributed by atoms with Crippen LogP contribution in [0, 0.1) is 0 Å². The molecule has 8 atom stereocenters. The van der Waals surface area contributed by atoms with E-state index in [0.717, 1.165) is 175 Å². The van der Waals surface area contributed by atoms with Crippen molar-refractivity contribution >= 4 is 44.4 Å². The number of para-hydroxylation sites is 2. The van der Waals surface area contributed by atoms with E-state index >= 15 is 0 Å². The normalized spacial score (nSPS) is 14.7. The molecule has 8 unspecified atom stereocenters. The third-order valence-electron chi connectivity index (χ3n) is 24.4. The van der Waals surface area contributed by atoms with Crippen LogP contribution in [0.25, 0.3) is 0 Å². The van der Waals surface area contributed by atoms with Crippen molar-refractivity contribution in [2.24, 2.45) is 0 Å². The van der Waals surface area contributed by atoms with Crippen molar-refractivity contribution in [3.63, 3.8) is 0 Å². The summed E-state index contributed by atoms with van der Waals surface area (Å²) in [6.07, 6.45) is 24.9. The van der Waals surface area contributed by atoms with Crippen molar-refractivity contribution < 1.29 is 74.3 Å². The van der Waals surface area contributed by atoms with Crippen LogP contribution in [0.3, 0.4) is 0 Å². The molecule has 0 aromatic heterocycles. The molecule has 0 spiro atoms. The summed E-state index contributed by atoms with van der Waals surface area (Å²) in [5, 5.41) is 31.5. The number of unbranched alkanes of at least 4 members (excludes halogenated alkanes) is 12. The monoisotopic (exact) mass is 1720 g/mol. The summed E-state index contributed by atoms with van der Waals surface area (Å²) in [5.74, 6) is 1.19. The molecule has 0 heterocycles. The lowest BCUT2D eigenvalue weighted by atomic mass is 9.75. The summed E-state index contributed by atoms with van der Waals surface area (Å²) in [6, 6.07) is 87.4. The molecule has 9 rings (SSSR count). The van der Waals surface area contributed by atoms with Crippen molar-refractivity contribution in [1.29, 1.82) is 0 Å². The Kier molecular flexibility index (Phi) is 45.7. The van der Waals surface area contributed by atoms with Crippen molar-refractivity contribution in [2.75, 3.05) is 0 Å². The molecule has 0 radical (unpaired) electrons. The summed E-state index contributed by atoms with van der Waals surface area (Å²) in [4.78, 5) is 52.4. The van der Waals surface area contributed by atoms with Crippen LogP contribution in [0.5, 0.6) is 11.5 Å². The number of aliphatic hydroxyl groups excluding tert-OH is 3. The smallest absolute Gasteiger partial charge is 0.425 e. The number of rotatable bonds is 51. The maximum atomic E-state index is 13.4. The summed E-state index contributed by atoms with van der Waals surface area (Å²) in [6.45, 7) is 13.8. The van der Waals surface area contributed by atoms with Gasteiger partial charge in [0.2, 0.25) is 0 Å². The quantitative estimate of drug-likeness (QED) is 0.0119. The van der Waals surface area contributed by atoms with Gasteiger partial charge in [-0.1, -0.05) is 371 Å². The minimum atomic E-state index is -4.21. The maximum Gasteiger partial charge on any atom is 0.425 e. The number of hydrogen-bond donors (Lipinski definition) is 4. The van der Waals surface area contributed by atoms with Gasteiger partial charge in [-0.15, -0.1) is 12.6 Å². The van der Waals surface area contributed by atoms with E-state index in [4.69, 9.17) is 26.8 Å². The minimum absolute atomic E-state index is 0.194. The van der Waals surface area contributed by atoms with Crippen LogP contribution >= 0.6 is 0 Å². The highest BCUT2D eigenvalue weighted by molar-refractivity contribution is 7.86. The number of esters is 3. The zero-order chi connectivity index (χ0) is 89.3.